The molecule has 0 saturated carbocycles. The van der Waals surface area contributed by atoms with Crippen LogP contribution in [0.15, 0.2) is 0 Å². The Hall–Kier alpha value is -1.33. The third kappa shape index (κ3) is 2.68. The first-order valence-corrected chi connectivity index (χ1v) is 6.04. The molecule has 2 saturated heterocycles. The van der Waals surface area contributed by atoms with Gasteiger partial charge in [-0.15, -0.1) is 0 Å². The topological polar surface area (TPSA) is 52.7 Å². The fraction of sp³-hybridized carbons (Fsp3) is 0.818. The van der Waals surface area contributed by atoms with Crippen LogP contribution in [0.2, 0.25) is 0 Å². The highest BCUT2D eigenvalue weighted by Crippen LogP contribution is 2.16. The van der Waals surface area contributed by atoms with Gasteiger partial charge >= 0.3 is 6.03 Å². The van der Waals surface area contributed by atoms with Gasteiger partial charge in [-0.05, 0) is 19.8 Å². The fourth-order valence-corrected chi connectivity index (χ4v) is 2.26. The van der Waals surface area contributed by atoms with E-state index in [4.69, 9.17) is 0 Å². The fourth-order valence-electron chi connectivity index (χ4n) is 2.26. The second-order valence-electron chi connectivity index (χ2n) is 4.74. The molecule has 0 aromatic rings. The number of nitrogens with one attached hydrogen (secondary N) is 1. The van der Waals surface area contributed by atoms with Gasteiger partial charge in [-0.25, -0.2) is 9.18 Å². The van der Waals surface area contributed by atoms with Crippen molar-refractivity contribution in [2.45, 2.75) is 32.0 Å². The number of amides is 3. The molecule has 0 aromatic heterocycles. The standard InChI is InChI=1S/C11H18FN3O2/c1-8-3-2-4-15(8)10(16)5-13-11(17)14-6-9(12)7-14/h8-9H,2-7H2,1H3,(H,13,17). The van der Waals surface area contributed by atoms with Gasteiger partial charge < -0.3 is 15.1 Å². The third-order valence-corrected chi connectivity index (χ3v) is 3.39. The van der Waals surface area contributed by atoms with E-state index in [1.54, 1.807) is 4.90 Å². The van der Waals surface area contributed by atoms with Crippen LogP contribution in [0.4, 0.5) is 9.18 Å². The van der Waals surface area contributed by atoms with Crippen molar-refractivity contribution >= 4 is 11.9 Å². The molecule has 0 radical (unpaired) electrons. The summed E-state index contributed by atoms with van der Waals surface area (Å²) >= 11 is 0. The van der Waals surface area contributed by atoms with Gasteiger partial charge in [-0.3, -0.25) is 4.79 Å². The molecule has 17 heavy (non-hydrogen) atoms. The van der Waals surface area contributed by atoms with E-state index < -0.39 is 6.17 Å². The highest BCUT2D eigenvalue weighted by Gasteiger charge is 2.31. The zero-order valence-corrected chi connectivity index (χ0v) is 9.99. The first kappa shape index (κ1) is 12.1. The second kappa shape index (κ2) is 4.89. The van der Waals surface area contributed by atoms with Gasteiger partial charge in [0.05, 0.1) is 19.6 Å². The molecule has 2 fully saturated rings. The minimum Gasteiger partial charge on any atom is -0.338 e. The minimum atomic E-state index is -0.907. The van der Waals surface area contributed by atoms with Gasteiger partial charge in [-0.1, -0.05) is 0 Å². The maximum absolute atomic E-state index is 12.5. The molecule has 2 aliphatic rings. The summed E-state index contributed by atoms with van der Waals surface area (Å²) < 4.78 is 12.5. The molecule has 0 aliphatic carbocycles. The predicted octanol–water partition coefficient (Wildman–Crippen LogP) is 0.361. The summed E-state index contributed by atoms with van der Waals surface area (Å²) in [4.78, 5) is 26.4. The van der Waals surface area contributed by atoms with Crippen LogP contribution in [0.3, 0.4) is 0 Å². The van der Waals surface area contributed by atoms with Crippen molar-refractivity contribution < 1.29 is 14.0 Å². The summed E-state index contributed by atoms with van der Waals surface area (Å²) in [7, 11) is 0. The van der Waals surface area contributed by atoms with Crippen LogP contribution < -0.4 is 5.32 Å². The molecule has 2 heterocycles. The summed E-state index contributed by atoms with van der Waals surface area (Å²) in [5.74, 6) is -0.0549. The van der Waals surface area contributed by atoms with Crippen molar-refractivity contribution in [3.05, 3.63) is 0 Å². The number of alkyl halides is 1. The number of nitrogens with zero attached hydrogens (tertiary/aromatic N) is 2. The Labute approximate surface area is 99.9 Å². The Kier molecular flexibility index (Phi) is 3.49. The first-order valence-electron chi connectivity index (χ1n) is 6.04. The molecule has 0 spiro atoms. The summed E-state index contributed by atoms with van der Waals surface area (Å²) in [6.07, 6.45) is 1.14. The normalized spacial score (nSPS) is 24.7. The third-order valence-electron chi connectivity index (χ3n) is 3.39. The number of urea groups is 1. The predicted molar refractivity (Wildman–Crippen MR) is 60.3 cm³/mol. The van der Waals surface area contributed by atoms with Gasteiger partial charge in [0.25, 0.3) is 0 Å². The lowest BCUT2D eigenvalue weighted by Gasteiger charge is -2.34. The molecule has 1 atom stereocenters. The molecule has 2 aliphatic heterocycles. The Bertz CT molecular complexity index is 318. The number of hydrogen-bond donors (Lipinski definition) is 1. The molecule has 0 bridgehead atoms. The quantitative estimate of drug-likeness (QED) is 0.761. The van der Waals surface area contributed by atoms with Crippen LogP contribution in [0.25, 0.3) is 0 Å². The van der Waals surface area contributed by atoms with E-state index in [-0.39, 0.29) is 37.6 Å². The number of hydrogen-bond acceptors (Lipinski definition) is 2. The summed E-state index contributed by atoms with van der Waals surface area (Å²) in [5, 5.41) is 2.53. The van der Waals surface area contributed by atoms with Gasteiger partial charge in [0.15, 0.2) is 0 Å². The molecular weight excluding hydrogens is 225 g/mol. The highest BCUT2D eigenvalue weighted by atomic mass is 19.1. The molecule has 2 rings (SSSR count). The maximum atomic E-state index is 12.5. The van der Waals surface area contributed by atoms with Gasteiger partial charge in [0.2, 0.25) is 5.91 Å². The number of halogens is 1. The molecule has 6 heteroatoms. The monoisotopic (exact) mass is 243 g/mol. The Morgan fingerprint density at radius 1 is 1.41 bits per heavy atom. The zero-order valence-electron chi connectivity index (χ0n) is 9.99. The molecule has 1 N–H and O–H groups in total. The van der Waals surface area contributed by atoms with Crippen LogP contribution in [0, 0.1) is 0 Å². The molecule has 0 aromatic carbocycles. The molecule has 1 unspecified atom stereocenters. The number of likely N-dealkylation sites (tertiary alicyclic amines) is 2. The number of carbonyl (C=O) groups excluding carboxylic acids is 2. The van der Waals surface area contributed by atoms with Crippen LogP contribution in [-0.4, -0.2) is 60.1 Å². The van der Waals surface area contributed by atoms with E-state index >= 15 is 0 Å². The van der Waals surface area contributed by atoms with E-state index in [0.717, 1.165) is 19.4 Å². The van der Waals surface area contributed by atoms with Crippen molar-refractivity contribution in [1.82, 2.24) is 15.1 Å². The van der Waals surface area contributed by atoms with Crippen LogP contribution in [0.5, 0.6) is 0 Å². The first-order chi connectivity index (χ1) is 8.08. The Morgan fingerprint density at radius 3 is 2.65 bits per heavy atom. The Morgan fingerprint density at radius 2 is 2.12 bits per heavy atom. The zero-order chi connectivity index (χ0) is 12.4. The summed E-state index contributed by atoms with van der Waals surface area (Å²) in [5.41, 5.74) is 0. The van der Waals surface area contributed by atoms with Gasteiger partial charge in [-0.2, -0.15) is 0 Å². The summed E-state index contributed by atoms with van der Waals surface area (Å²) in [6, 6.07) is -0.0854. The smallest absolute Gasteiger partial charge is 0.318 e. The van der Waals surface area contributed by atoms with E-state index in [9.17, 15) is 14.0 Å². The largest absolute Gasteiger partial charge is 0.338 e. The van der Waals surface area contributed by atoms with Gasteiger partial charge in [0, 0.05) is 12.6 Å². The van der Waals surface area contributed by atoms with E-state index in [0.29, 0.717) is 0 Å². The maximum Gasteiger partial charge on any atom is 0.318 e. The number of rotatable bonds is 2. The minimum absolute atomic E-state index is 0.0105. The SMILES string of the molecule is CC1CCCN1C(=O)CNC(=O)N1CC(F)C1. The van der Waals surface area contributed by atoms with Crippen LogP contribution in [0.1, 0.15) is 19.8 Å². The lowest BCUT2D eigenvalue weighted by atomic mass is 10.2. The van der Waals surface area contributed by atoms with Gasteiger partial charge in [0.1, 0.15) is 6.17 Å². The van der Waals surface area contributed by atoms with Crippen molar-refractivity contribution in [2.24, 2.45) is 0 Å². The van der Waals surface area contributed by atoms with Crippen LogP contribution >= 0.6 is 0 Å². The molecule has 5 nitrogen and oxygen atoms in total. The van der Waals surface area contributed by atoms with E-state index in [1.807, 2.05) is 6.92 Å². The van der Waals surface area contributed by atoms with Crippen molar-refractivity contribution in [1.29, 1.82) is 0 Å². The molecule has 96 valence electrons. The van der Waals surface area contributed by atoms with Crippen LogP contribution in [-0.2, 0) is 4.79 Å². The Balaban J connectivity index is 1.71. The lowest BCUT2D eigenvalue weighted by Crippen LogP contribution is -2.56. The highest BCUT2D eigenvalue weighted by molar-refractivity contribution is 5.84. The van der Waals surface area contributed by atoms with E-state index in [2.05, 4.69) is 5.32 Å². The average molecular weight is 243 g/mol. The van der Waals surface area contributed by atoms with Crippen molar-refractivity contribution in [3.63, 3.8) is 0 Å². The lowest BCUT2D eigenvalue weighted by molar-refractivity contribution is -0.130. The number of carbonyl (C=O) groups is 2. The molecule has 3 amide bonds. The summed E-state index contributed by atoms with van der Waals surface area (Å²) in [6.45, 7) is 3.07. The van der Waals surface area contributed by atoms with Crippen molar-refractivity contribution in [3.8, 4) is 0 Å². The van der Waals surface area contributed by atoms with E-state index in [1.165, 1.54) is 4.90 Å². The second-order valence-corrected chi connectivity index (χ2v) is 4.74. The molecular formula is C11H18FN3O2. The average Bonchev–Trinajstić information content (AvgIpc) is 2.67. The van der Waals surface area contributed by atoms with Crippen molar-refractivity contribution in [2.75, 3.05) is 26.2 Å².